The fourth-order valence-corrected chi connectivity index (χ4v) is 3.37. The molecule has 1 saturated carbocycles. The number of hydrogen-bond acceptors (Lipinski definition) is 5. The van der Waals surface area contributed by atoms with Gasteiger partial charge in [0.05, 0.1) is 13.0 Å². The van der Waals surface area contributed by atoms with Crippen molar-refractivity contribution in [2.75, 3.05) is 16.3 Å². The number of primary amides is 1. The molecule has 128 valence electrons. The average Bonchev–Trinajstić information content (AvgIpc) is 2.98. The third-order valence-corrected chi connectivity index (χ3v) is 4.81. The van der Waals surface area contributed by atoms with E-state index in [0.717, 1.165) is 30.5 Å². The summed E-state index contributed by atoms with van der Waals surface area (Å²) in [6.07, 6.45) is 2.09. The second-order valence-electron chi connectivity index (χ2n) is 6.22. The molecule has 1 aromatic carbocycles. The summed E-state index contributed by atoms with van der Waals surface area (Å²) in [6, 6.07) is 5.80. The molecule has 24 heavy (non-hydrogen) atoms. The molecule has 0 radical (unpaired) electrons. The van der Waals surface area contributed by atoms with Gasteiger partial charge in [0.25, 0.3) is 5.91 Å². The number of ether oxygens (including phenoxy) is 1. The van der Waals surface area contributed by atoms with Crippen LogP contribution in [-0.2, 0) is 20.7 Å². The van der Waals surface area contributed by atoms with Gasteiger partial charge in [-0.15, -0.1) is 0 Å². The highest BCUT2D eigenvalue weighted by Gasteiger charge is 2.38. The van der Waals surface area contributed by atoms with Crippen molar-refractivity contribution in [2.24, 2.45) is 5.73 Å². The van der Waals surface area contributed by atoms with Crippen LogP contribution in [0.2, 0.25) is 0 Å². The lowest BCUT2D eigenvalue weighted by molar-refractivity contribution is -0.124. The first-order valence-electron chi connectivity index (χ1n) is 7.77. The van der Waals surface area contributed by atoms with Gasteiger partial charge in [0.2, 0.25) is 5.91 Å². The van der Waals surface area contributed by atoms with Gasteiger partial charge in [-0.05, 0) is 43.0 Å². The van der Waals surface area contributed by atoms with E-state index < -0.39 is 18.1 Å². The zero-order valence-corrected chi connectivity index (χ0v) is 13.2. The number of fused-ring (bicyclic) bond motifs is 1. The van der Waals surface area contributed by atoms with Gasteiger partial charge in [-0.2, -0.15) is 0 Å². The van der Waals surface area contributed by atoms with Crippen molar-refractivity contribution in [3.05, 3.63) is 23.8 Å². The molecule has 0 bridgehead atoms. The van der Waals surface area contributed by atoms with Crippen molar-refractivity contribution in [3.63, 3.8) is 0 Å². The van der Waals surface area contributed by atoms with Crippen LogP contribution in [-0.4, -0.2) is 36.6 Å². The van der Waals surface area contributed by atoms with E-state index in [2.05, 4.69) is 0 Å². The summed E-state index contributed by atoms with van der Waals surface area (Å²) in [5, 5.41) is 0. The predicted octanol–water partition coefficient (Wildman–Crippen LogP) is 1.10. The minimum Gasteiger partial charge on any atom is -0.434 e. The fourth-order valence-electron chi connectivity index (χ4n) is 3.37. The van der Waals surface area contributed by atoms with Crippen molar-refractivity contribution in [1.82, 2.24) is 6.15 Å². The summed E-state index contributed by atoms with van der Waals surface area (Å²) in [5.41, 5.74) is 7.66. The van der Waals surface area contributed by atoms with Gasteiger partial charge in [0, 0.05) is 17.4 Å². The van der Waals surface area contributed by atoms with Crippen LogP contribution < -0.4 is 21.7 Å². The Morgan fingerprint density at radius 2 is 2.00 bits per heavy atom. The molecule has 2 fully saturated rings. The highest BCUT2D eigenvalue weighted by molar-refractivity contribution is 6.03. The van der Waals surface area contributed by atoms with Gasteiger partial charge < -0.3 is 21.5 Å². The van der Waals surface area contributed by atoms with Gasteiger partial charge >= 0.3 is 6.09 Å². The molecule has 4 rings (SSSR count). The van der Waals surface area contributed by atoms with E-state index in [1.54, 1.807) is 6.07 Å². The van der Waals surface area contributed by atoms with Crippen molar-refractivity contribution in [3.8, 4) is 0 Å². The molecule has 8 nitrogen and oxygen atoms in total. The monoisotopic (exact) mass is 332 g/mol. The maximum atomic E-state index is 12.3. The Morgan fingerprint density at radius 1 is 1.25 bits per heavy atom. The second kappa shape index (κ2) is 5.79. The van der Waals surface area contributed by atoms with Crippen LogP contribution in [0.5, 0.6) is 0 Å². The number of hydrogen-bond donors (Lipinski definition) is 2. The molecule has 2 heterocycles. The van der Waals surface area contributed by atoms with Gasteiger partial charge in [-0.1, -0.05) is 0 Å². The maximum absolute atomic E-state index is 12.3. The van der Waals surface area contributed by atoms with Crippen LogP contribution in [0.3, 0.4) is 0 Å². The van der Waals surface area contributed by atoms with Crippen LogP contribution in [0.25, 0.3) is 0 Å². The standard InChI is InChI=1S/C16H17N3O4.H3N/c17-15(21)13-8-18(16(22)23-13)11-4-5-12-9(6-11)7-14(20)19(12)10-2-1-3-10;/h4-6,10,13H,1-3,7-8H2,(H2,17,21);1H3/t13-;/m1./s1. The molecule has 8 heteroatoms. The van der Waals surface area contributed by atoms with Crippen LogP contribution >= 0.6 is 0 Å². The molecule has 0 spiro atoms. The second-order valence-corrected chi connectivity index (χ2v) is 6.22. The number of cyclic esters (lactones) is 1. The molecule has 1 aliphatic carbocycles. The Balaban J connectivity index is 0.00000169. The highest BCUT2D eigenvalue weighted by Crippen LogP contribution is 2.39. The van der Waals surface area contributed by atoms with E-state index in [0.29, 0.717) is 18.2 Å². The number of carbonyl (C=O) groups excluding carboxylic acids is 3. The smallest absolute Gasteiger partial charge is 0.415 e. The minimum absolute atomic E-state index is 0. The topological polar surface area (TPSA) is 128 Å². The summed E-state index contributed by atoms with van der Waals surface area (Å²) >= 11 is 0. The average molecular weight is 332 g/mol. The summed E-state index contributed by atoms with van der Waals surface area (Å²) in [4.78, 5) is 38.6. The Bertz CT molecular complexity index is 716. The lowest BCUT2D eigenvalue weighted by Crippen LogP contribution is -2.42. The summed E-state index contributed by atoms with van der Waals surface area (Å²) in [5.74, 6) is -0.547. The van der Waals surface area contributed by atoms with Gasteiger partial charge in [-0.25, -0.2) is 4.79 Å². The predicted molar refractivity (Wildman–Crippen MR) is 87.1 cm³/mol. The maximum Gasteiger partial charge on any atom is 0.415 e. The van der Waals surface area contributed by atoms with Crippen molar-refractivity contribution < 1.29 is 19.1 Å². The lowest BCUT2D eigenvalue weighted by atomic mass is 9.91. The Morgan fingerprint density at radius 3 is 2.58 bits per heavy atom. The van der Waals surface area contributed by atoms with E-state index in [9.17, 15) is 14.4 Å². The molecule has 0 unspecified atom stereocenters. The third kappa shape index (κ3) is 2.39. The molecule has 1 saturated heterocycles. The number of nitrogens with two attached hydrogens (primary N) is 1. The first kappa shape index (κ1) is 16.3. The van der Waals surface area contributed by atoms with Crippen LogP contribution in [0, 0.1) is 0 Å². The fraction of sp³-hybridized carbons (Fsp3) is 0.438. The van der Waals surface area contributed by atoms with Gasteiger partial charge in [-0.3, -0.25) is 14.5 Å². The van der Waals surface area contributed by atoms with Crippen LogP contribution in [0.4, 0.5) is 16.2 Å². The van der Waals surface area contributed by atoms with E-state index in [4.69, 9.17) is 10.5 Å². The normalized spacial score (nSPS) is 22.8. The number of carbonyl (C=O) groups is 3. The number of rotatable bonds is 3. The Labute approximate surface area is 139 Å². The molecule has 5 N–H and O–H groups in total. The number of anilines is 2. The van der Waals surface area contributed by atoms with Crippen molar-refractivity contribution in [1.29, 1.82) is 0 Å². The Kier molecular flexibility index (Phi) is 3.92. The SMILES string of the molecule is N.NC(=O)[C@H]1CN(c2ccc3c(c2)CC(=O)N3C2CCC2)C(=O)O1. The molecular weight excluding hydrogens is 312 g/mol. The summed E-state index contributed by atoms with van der Waals surface area (Å²) in [6.45, 7) is 0.104. The largest absolute Gasteiger partial charge is 0.434 e. The molecule has 1 atom stereocenters. The Hall–Kier alpha value is -2.61. The highest BCUT2D eigenvalue weighted by atomic mass is 16.6. The van der Waals surface area contributed by atoms with E-state index in [-0.39, 0.29) is 18.6 Å². The first-order valence-corrected chi connectivity index (χ1v) is 7.77. The molecule has 3 amide bonds. The van der Waals surface area contributed by atoms with Gasteiger partial charge in [0.1, 0.15) is 0 Å². The zero-order valence-electron chi connectivity index (χ0n) is 13.2. The molecule has 0 aromatic heterocycles. The first-order chi connectivity index (χ1) is 11.0. The summed E-state index contributed by atoms with van der Waals surface area (Å²) in [7, 11) is 0. The van der Waals surface area contributed by atoms with E-state index >= 15 is 0 Å². The van der Waals surface area contributed by atoms with Gasteiger partial charge in [0.15, 0.2) is 6.10 Å². The van der Waals surface area contributed by atoms with E-state index in [1.165, 1.54) is 4.90 Å². The van der Waals surface area contributed by atoms with E-state index in [1.807, 2.05) is 17.0 Å². The molecular formula is C16H20N4O4. The number of amides is 3. The number of nitrogens with zero attached hydrogens (tertiary/aromatic N) is 2. The quantitative estimate of drug-likeness (QED) is 0.856. The molecule has 1 aromatic rings. The van der Waals surface area contributed by atoms with Crippen molar-refractivity contribution in [2.45, 2.75) is 37.8 Å². The molecule has 2 aliphatic heterocycles. The number of benzene rings is 1. The zero-order chi connectivity index (χ0) is 16.1. The third-order valence-electron chi connectivity index (χ3n) is 4.81. The van der Waals surface area contributed by atoms with Crippen molar-refractivity contribution >= 4 is 29.3 Å². The lowest BCUT2D eigenvalue weighted by Gasteiger charge is -2.35. The molecule has 3 aliphatic rings. The van der Waals surface area contributed by atoms with Crippen LogP contribution in [0.15, 0.2) is 18.2 Å². The minimum atomic E-state index is -0.927. The van der Waals surface area contributed by atoms with Crippen LogP contribution in [0.1, 0.15) is 24.8 Å². The summed E-state index contributed by atoms with van der Waals surface area (Å²) < 4.78 is 4.95.